The van der Waals surface area contributed by atoms with Crippen LogP contribution in [0.3, 0.4) is 0 Å². The fourth-order valence-corrected chi connectivity index (χ4v) is 2.51. The first-order valence-electron chi connectivity index (χ1n) is 6.58. The monoisotopic (exact) mass is 366 g/mol. The number of amides is 1. The summed E-state index contributed by atoms with van der Waals surface area (Å²) in [5.41, 5.74) is 4.18. The zero-order valence-electron chi connectivity index (χ0n) is 11.9. The molecule has 0 aliphatic rings. The van der Waals surface area contributed by atoms with Crippen molar-refractivity contribution in [2.75, 3.05) is 11.9 Å². The first kappa shape index (κ1) is 18.0. The van der Waals surface area contributed by atoms with E-state index in [-0.39, 0.29) is 22.6 Å². The van der Waals surface area contributed by atoms with Crippen LogP contribution in [0.5, 0.6) is 0 Å². The minimum Gasteiger partial charge on any atom is -0.329 e. The zero-order chi connectivity index (χ0) is 16.3. The Kier molecular flexibility index (Phi) is 5.81. The Morgan fingerprint density at radius 3 is 2.29 bits per heavy atom. The van der Waals surface area contributed by atoms with Crippen LogP contribution in [0.4, 0.5) is 18.9 Å². The van der Waals surface area contributed by atoms with Crippen molar-refractivity contribution in [3.05, 3.63) is 28.2 Å². The highest BCUT2D eigenvalue weighted by molar-refractivity contribution is 9.10. The van der Waals surface area contributed by atoms with Gasteiger partial charge >= 0.3 is 6.18 Å². The average molecular weight is 367 g/mol. The molecule has 0 unspecified atom stereocenters. The van der Waals surface area contributed by atoms with Gasteiger partial charge in [0, 0.05) is 16.7 Å². The fourth-order valence-electron chi connectivity index (χ4n) is 2.04. The van der Waals surface area contributed by atoms with Gasteiger partial charge < -0.3 is 11.1 Å². The Labute approximate surface area is 130 Å². The van der Waals surface area contributed by atoms with E-state index in [9.17, 15) is 18.0 Å². The molecule has 21 heavy (non-hydrogen) atoms. The van der Waals surface area contributed by atoms with E-state index in [0.29, 0.717) is 12.8 Å². The largest absolute Gasteiger partial charge is 0.417 e. The fraction of sp³-hybridized carbons (Fsp3) is 0.500. The lowest BCUT2D eigenvalue weighted by molar-refractivity contribution is -0.138. The Morgan fingerprint density at radius 1 is 1.29 bits per heavy atom. The summed E-state index contributed by atoms with van der Waals surface area (Å²) in [5.74, 6) is -0.356. The van der Waals surface area contributed by atoms with Gasteiger partial charge in [-0.3, -0.25) is 4.79 Å². The van der Waals surface area contributed by atoms with E-state index in [0.717, 1.165) is 6.07 Å². The number of alkyl halides is 3. The normalized spacial score (nSPS) is 12.3. The number of anilines is 1. The maximum Gasteiger partial charge on any atom is 0.417 e. The number of halogens is 4. The number of nitrogens with two attached hydrogens (primary N) is 1. The maximum absolute atomic E-state index is 12.8. The Balaban J connectivity index is 3.07. The summed E-state index contributed by atoms with van der Waals surface area (Å²) in [6.45, 7) is 3.81. The molecule has 1 rings (SSSR count). The topological polar surface area (TPSA) is 55.1 Å². The zero-order valence-corrected chi connectivity index (χ0v) is 13.4. The molecule has 118 valence electrons. The first-order valence-corrected chi connectivity index (χ1v) is 7.37. The van der Waals surface area contributed by atoms with Gasteiger partial charge in [-0.1, -0.05) is 29.8 Å². The molecule has 0 heterocycles. The maximum atomic E-state index is 12.8. The molecule has 0 saturated carbocycles. The average Bonchev–Trinajstić information content (AvgIpc) is 2.42. The highest BCUT2D eigenvalue weighted by Gasteiger charge is 2.35. The quantitative estimate of drug-likeness (QED) is 0.821. The number of hydrogen-bond acceptors (Lipinski definition) is 2. The van der Waals surface area contributed by atoms with E-state index < -0.39 is 17.2 Å². The van der Waals surface area contributed by atoms with Gasteiger partial charge in [-0.15, -0.1) is 0 Å². The van der Waals surface area contributed by atoms with Crippen molar-refractivity contribution in [2.24, 2.45) is 11.1 Å². The van der Waals surface area contributed by atoms with Crippen LogP contribution in [-0.4, -0.2) is 12.5 Å². The van der Waals surface area contributed by atoms with Gasteiger partial charge in [-0.25, -0.2) is 0 Å². The van der Waals surface area contributed by atoms with Crippen molar-refractivity contribution in [1.29, 1.82) is 0 Å². The smallest absolute Gasteiger partial charge is 0.329 e. The van der Waals surface area contributed by atoms with Gasteiger partial charge in [0.15, 0.2) is 0 Å². The SMILES string of the molecule is CCC(CC)(CN)C(=O)Nc1ccc(Br)c(C(F)(F)F)c1. The van der Waals surface area contributed by atoms with Crippen molar-refractivity contribution in [3.63, 3.8) is 0 Å². The van der Waals surface area contributed by atoms with Crippen LogP contribution in [0.15, 0.2) is 22.7 Å². The van der Waals surface area contributed by atoms with E-state index in [2.05, 4.69) is 21.2 Å². The van der Waals surface area contributed by atoms with Crippen LogP contribution >= 0.6 is 15.9 Å². The van der Waals surface area contributed by atoms with Crippen molar-refractivity contribution in [2.45, 2.75) is 32.9 Å². The summed E-state index contributed by atoms with van der Waals surface area (Å²) in [7, 11) is 0. The number of rotatable bonds is 5. The molecule has 0 aromatic heterocycles. The third-order valence-electron chi connectivity index (χ3n) is 3.76. The van der Waals surface area contributed by atoms with E-state index >= 15 is 0 Å². The molecule has 0 saturated heterocycles. The second kappa shape index (κ2) is 6.79. The lowest BCUT2D eigenvalue weighted by Gasteiger charge is -2.28. The second-order valence-corrected chi connectivity index (χ2v) is 5.69. The summed E-state index contributed by atoms with van der Waals surface area (Å²) < 4.78 is 38.4. The van der Waals surface area contributed by atoms with Gasteiger partial charge in [-0.05, 0) is 31.0 Å². The van der Waals surface area contributed by atoms with Crippen LogP contribution < -0.4 is 11.1 Å². The van der Waals surface area contributed by atoms with Gasteiger partial charge in [0.1, 0.15) is 0 Å². The van der Waals surface area contributed by atoms with Crippen LogP contribution in [-0.2, 0) is 11.0 Å². The first-order chi connectivity index (χ1) is 9.70. The van der Waals surface area contributed by atoms with Crippen LogP contribution in [0.2, 0.25) is 0 Å². The predicted molar refractivity (Wildman–Crippen MR) is 79.8 cm³/mol. The number of benzene rings is 1. The van der Waals surface area contributed by atoms with Crippen molar-refractivity contribution in [3.8, 4) is 0 Å². The van der Waals surface area contributed by atoms with Crippen LogP contribution in [0.25, 0.3) is 0 Å². The van der Waals surface area contributed by atoms with E-state index in [1.807, 2.05) is 13.8 Å². The van der Waals surface area contributed by atoms with Crippen LogP contribution in [0, 0.1) is 5.41 Å². The minimum absolute atomic E-state index is 0.0657. The Hall–Kier alpha value is -1.08. The van der Waals surface area contributed by atoms with Gasteiger partial charge in [0.25, 0.3) is 0 Å². The third kappa shape index (κ3) is 3.97. The number of carbonyl (C=O) groups is 1. The second-order valence-electron chi connectivity index (χ2n) is 4.84. The summed E-state index contributed by atoms with van der Waals surface area (Å²) in [5, 5.41) is 2.54. The highest BCUT2D eigenvalue weighted by atomic mass is 79.9. The third-order valence-corrected chi connectivity index (χ3v) is 4.45. The summed E-state index contributed by atoms with van der Waals surface area (Å²) in [4.78, 5) is 12.3. The van der Waals surface area contributed by atoms with Gasteiger partial charge in [0.2, 0.25) is 5.91 Å². The predicted octanol–water partition coefficient (Wildman–Crippen LogP) is 4.17. The van der Waals surface area contributed by atoms with Crippen LogP contribution in [0.1, 0.15) is 32.3 Å². The van der Waals surface area contributed by atoms with E-state index in [1.54, 1.807) is 0 Å². The molecule has 1 aromatic rings. The van der Waals surface area contributed by atoms with Gasteiger partial charge in [-0.2, -0.15) is 13.2 Å². The number of nitrogens with one attached hydrogen (secondary N) is 1. The molecule has 0 spiro atoms. The summed E-state index contributed by atoms with van der Waals surface area (Å²) in [6.07, 6.45) is -3.44. The lowest BCUT2D eigenvalue weighted by atomic mass is 9.81. The number of carbonyl (C=O) groups excluding carboxylic acids is 1. The molecule has 7 heteroatoms. The van der Waals surface area contributed by atoms with Crippen molar-refractivity contribution < 1.29 is 18.0 Å². The molecule has 0 atom stereocenters. The molecule has 1 aromatic carbocycles. The minimum atomic E-state index is -4.49. The Morgan fingerprint density at radius 2 is 1.86 bits per heavy atom. The molecular formula is C14H18BrF3N2O. The van der Waals surface area contributed by atoms with E-state index in [1.165, 1.54) is 12.1 Å². The molecule has 1 amide bonds. The standard InChI is InChI=1S/C14H18BrF3N2O/c1-3-13(4-2,8-19)12(21)20-9-5-6-11(15)10(7-9)14(16,17)18/h5-7H,3-4,8,19H2,1-2H3,(H,20,21). The van der Waals surface area contributed by atoms with E-state index in [4.69, 9.17) is 5.73 Å². The molecule has 3 N–H and O–H groups in total. The van der Waals surface area contributed by atoms with Crippen molar-refractivity contribution in [1.82, 2.24) is 0 Å². The number of hydrogen-bond donors (Lipinski definition) is 2. The molecule has 0 aliphatic heterocycles. The summed E-state index contributed by atoms with van der Waals surface area (Å²) in [6, 6.07) is 3.60. The highest BCUT2D eigenvalue weighted by Crippen LogP contribution is 2.37. The van der Waals surface area contributed by atoms with Crippen molar-refractivity contribution >= 4 is 27.5 Å². The molecular weight excluding hydrogens is 349 g/mol. The van der Waals surface area contributed by atoms with Gasteiger partial charge in [0.05, 0.1) is 11.0 Å². The summed E-state index contributed by atoms with van der Waals surface area (Å²) >= 11 is 2.86. The molecule has 0 bridgehead atoms. The molecule has 0 fully saturated rings. The lowest BCUT2D eigenvalue weighted by Crippen LogP contribution is -2.41. The molecule has 0 radical (unpaired) electrons. The molecule has 0 aliphatic carbocycles. The molecule has 3 nitrogen and oxygen atoms in total. The Bertz CT molecular complexity index is 505.